The Morgan fingerprint density at radius 2 is 1.57 bits per heavy atom. The normalized spacial score (nSPS) is 12.0. The SMILES string of the molecule is CCCCCCOC(=O)CCCC(=O)OC(CC)CCC. The molecule has 0 aromatic carbocycles. The molecule has 0 aromatic heterocycles. The van der Waals surface area contributed by atoms with Gasteiger partial charge in [0, 0.05) is 12.8 Å². The average molecular weight is 300 g/mol. The Balaban J connectivity index is 3.59. The van der Waals surface area contributed by atoms with Crippen molar-refractivity contribution < 1.29 is 19.1 Å². The van der Waals surface area contributed by atoms with E-state index >= 15 is 0 Å². The predicted molar refractivity (Wildman–Crippen MR) is 84.0 cm³/mol. The van der Waals surface area contributed by atoms with Crippen molar-refractivity contribution in [3.63, 3.8) is 0 Å². The van der Waals surface area contributed by atoms with Gasteiger partial charge < -0.3 is 9.47 Å². The summed E-state index contributed by atoms with van der Waals surface area (Å²) in [6.45, 7) is 6.74. The summed E-state index contributed by atoms with van der Waals surface area (Å²) in [7, 11) is 0. The molecule has 0 saturated heterocycles. The van der Waals surface area contributed by atoms with Crippen LogP contribution in [-0.4, -0.2) is 24.6 Å². The molecule has 1 unspecified atom stereocenters. The van der Waals surface area contributed by atoms with Crippen LogP contribution in [0.4, 0.5) is 0 Å². The van der Waals surface area contributed by atoms with E-state index in [0.29, 0.717) is 25.9 Å². The molecule has 1 atom stereocenters. The molecule has 0 aliphatic heterocycles. The standard InChI is InChI=1S/C17H32O4/c1-4-7-8-9-14-20-16(18)12-10-13-17(19)21-15(6-3)11-5-2/h15H,4-14H2,1-3H3. The van der Waals surface area contributed by atoms with Crippen molar-refractivity contribution >= 4 is 11.9 Å². The molecule has 0 fully saturated rings. The second-order valence-electron chi connectivity index (χ2n) is 5.44. The summed E-state index contributed by atoms with van der Waals surface area (Å²) < 4.78 is 10.5. The van der Waals surface area contributed by atoms with Crippen LogP contribution < -0.4 is 0 Å². The van der Waals surface area contributed by atoms with E-state index in [1.165, 1.54) is 12.8 Å². The van der Waals surface area contributed by atoms with Gasteiger partial charge in [0.1, 0.15) is 6.10 Å². The molecule has 0 spiro atoms. The third-order valence-electron chi connectivity index (χ3n) is 3.39. The molecular weight excluding hydrogens is 268 g/mol. The number of ether oxygens (including phenoxy) is 2. The lowest BCUT2D eigenvalue weighted by molar-refractivity contribution is -0.150. The summed E-state index contributed by atoms with van der Waals surface area (Å²) >= 11 is 0. The molecule has 0 bridgehead atoms. The fraction of sp³-hybridized carbons (Fsp3) is 0.882. The van der Waals surface area contributed by atoms with Crippen LogP contribution >= 0.6 is 0 Å². The van der Waals surface area contributed by atoms with Gasteiger partial charge in [0.05, 0.1) is 6.61 Å². The van der Waals surface area contributed by atoms with Crippen LogP contribution in [0, 0.1) is 0 Å². The maximum atomic E-state index is 11.6. The minimum Gasteiger partial charge on any atom is -0.466 e. The number of esters is 2. The van der Waals surface area contributed by atoms with E-state index < -0.39 is 0 Å². The molecule has 0 aliphatic carbocycles. The number of carbonyl (C=O) groups is 2. The molecule has 0 saturated carbocycles. The van der Waals surface area contributed by atoms with Gasteiger partial charge in [-0.15, -0.1) is 0 Å². The lowest BCUT2D eigenvalue weighted by Crippen LogP contribution is -2.17. The Morgan fingerprint density at radius 1 is 0.857 bits per heavy atom. The van der Waals surface area contributed by atoms with Crippen LogP contribution in [0.15, 0.2) is 0 Å². The van der Waals surface area contributed by atoms with Crippen LogP contribution in [0.3, 0.4) is 0 Å². The van der Waals surface area contributed by atoms with Gasteiger partial charge >= 0.3 is 11.9 Å². The lowest BCUT2D eigenvalue weighted by Gasteiger charge is -2.15. The van der Waals surface area contributed by atoms with Crippen LogP contribution in [0.25, 0.3) is 0 Å². The van der Waals surface area contributed by atoms with Gasteiger partial charge in [0.25, 0.3) is 0 Å². The molecule has 124 valence electrons. The van der Waals surface area contributed by atoms with Gasteiger partial charge in [-0.25, -0.2) is 0 Å². The summed E-state index contributed by atoms with van der Waals surface area (Å²) in [5.74, 6) is -0.411. The number of unbranched alkanes of at least 4 members (excludes halogenated alkanes) is 3. The predicted octanol–water partition coefficient (Wildman–Crippen LogP) is 4.40. The van der Waals surface area contributed by atoms with E-state index in [2.05, 4.69) is 13.8 Å². The highest BCUT2D eigenvalue weighted by atomic mass is 16.5. The van der Waals surface area contributed by atoms with E-state index in [4.69, 9.17) is 9.47 Å². The van der Waals surface area contributed by atoms with E-state index in [1.54, 1.807) is 0 Å². The Kier molecular flexibility index (Phi) is 13.2. The molecule has 0 rings (SSSR count). The fourth-order valence-corrected chi connectivity index (χ4v) is 2.08. The summed E-state index contributed by atoms with van der Waals surface area (Å²) in [4.78, 5) is 23.1. The summed E-state index contributed by atoms with van der Waals surface area (Å²) in [5.41, 5.74) is 0. The Morgan fingerprint density at radius 3 is 2.19 bits per heavy atom. The van der Waals surface area contributed by atoms with Crippen LogP contribution in [0.5, 0.6) is 0 Å². The summed E-state index contributed by atoms with van der Waals surface area (Å²) in [5, 5.41) is 0. The molecule has 4 nitrogen and oxygen atoms in total. The molecule has 0 radical (unpaired) electrons. The second-order valence-corrected chi connectivity index (χ2v) is 5.44. The highest BCUT2D eigenvalue weighted by Crippen LogP contribution is 2.09. The Bertz CT molecular complexity index is 276. The average Bonchev–Trinajstić information content (AvgIpc) is 2.46. The van der Waals surface area contributed by atoms with Crippen molar-refractivity contribution in [1.82, 2.24) is 0 Å². The van der Waals surface area contributed by atoms with E-state index in [9.17, 15) is 9.59 Å². The van der Waals surface area contributed by atoms with Crippen LogP contribution in [0.2, 0.25) is 0 Å². The second kappa shape index (κ2) is 13.9. The third-order valence-corrected chi connectivity index (χ3v) is 3.39. The van der Waals surface area contributed by atoms with Gasteiger partial charge in [-0.05, 0) is 25.7 Å². The van der Waals surface area contributed by atoms with Crippen molar-refractivity contribution in [2.75, 3.05) is 6.61 Å². The van der Waals surface area contributed by atoms with Gasteiger partial charge in [-0.2, -0.15) is 0 Å². The van der Waals surface area contributed by atoms with Gasteiger partial charge in [-0.1, -0.05) is 46.5 Å². The van der Waals surface area contributed by atoms with Crippen molar-refractivity contribution in [2.45, 2.75) is 91.1 Å². The molecular formula is C17H32O4. The smallest absolute Gasteiger partial charge is 0.306 e. The number of hydrogen-bond acceptors (Lipinski definition) is 4. The zero-order chi connectivity index (χ0) is 15.9. The van der Waals surface area contributed by atoms with Gasteiger partial charge in [0.2, 0.25) is 0 Å². The van der Waals surface area contributed by atoms with Crippen molar-refractivity contribution in [3.8, 4) is 0 Å². The maximum absolute atomic E-state index is 11.6. The van der Waals surface area contributed by atoms with E-state index in [1.807, 2.05) is 6.92 Å². The fourth-order valence-electron chi connectivity index (χ4n) is 2.08. The topological polar surface area (TPSA) is 52.6 Å². The molecule has 0 heterocycles. The van der Waals surface area contributed by atoms with Crippen LogP contribution in [-0.2, 0) is 19.1 Å². The zero-order valence-electron chi connectivity index (χ0n) is 14.0. The first-order valence-electron chi connectivity index (χ1n) is 8.49. The largest absolute Gasteiger partial charge is 0.466 e. The zero-order valence-corrected chi connectivity index (χ0v) is 14.0. The minimum absolute atomic E-state index is 0.0213. The quantitative estimate of drug-likeness (QED) is 0.373. The summed E-state index contributed by atoms with van der Waals surface area (Å²) in [6.07, 6.45) is 8.27. The highest BCUT2D eigenvalue weighted by molar-refractivity contribution is 5.72. The van der Waals surface area contributed by atoms with Crippen molar-refractivity contribution in [3.05, 3.63) is 0 Å². The van der Waals surface area contributed by atoms with Gasteiger partial charge in [-0.3, -0.25) is 9.59 Å². The first-order valence-corrected chi connectivity index (χ1v) is 8.49. The van der Waals surface area contributed by atoms with Gasteiger partial charge in [0.15, 0.2) is 0 Å². The lowest BCUT2D eigenvalue weighted by atomic mass is 10.1. The molecule has 0 aromatic rings. The number of rotatable bonds is 13. The van der Waals surface area contributed by atoms with Crippen molar-refractivity contribution in [1.29, 1.82) is 0 Å². The molecule has 4 heteroatoms. The number of hydrogen-bond donors (Lipinski definition) is 0. The number of carbonyl (C=O) groups excluding carboxylic acids is 2. The Labute approximate surface area is 129 Å². The van der Waals surface area contributed by atoms with E-state index in [0.717, 1.165) is 32.1 Å². The Hall–Kier alpha value is -1.06. The first-order chi connectivity index (χ1) is 10.1. The third kappa shape index (κ3) is 12.4. The molecule has 21 heavy (non-hydrogen) atoms. The monoisotopic (exact) mass is 300 g/mol. The summed E-state index contributed by atoms with van der Waals surface area (Å²) in [6, 6.07) is 0. The molecule has 0 N–H and O–H groups in total. The molecule has 0 amide bonds. The highest BCUT2D eigenvalue weighted by Gasteiger charge is 2.12. The maximum Gasteiger partial charge on any atom is 0.306 e. The minimum atomic E-state index is -0.208. The first kappa shape index (κ1) is 19.9. The van der Waals surface area contributed by atoms with Crippen molar-refractivity contribution in [2.24, 2.45) is 0 Å². The molecule has 0 aliphatic rings. The van der Waals surface area contributed by atoms with Crippen LogP contribution in [0.1, 0.15) is 85.0 Å². The van der Waals surface area contributed by atoms with E-state index in [-0.39, 0.29) is 18.0 Å².